The number of amides is 1. The monoisotopic (exact) mass is 536 g/mol. The fraction of sp³-hybridized carbons (Fsp3) is 0.0556. The fourth-order valence-electron chi connectivity index (χ4n) is 5.02. The van der Waals surface area contributed by atoms with Gasteiger partial charge in [-0.1, -0.05) is 115 Å². The number of hydrogen-bond donors (Lipinski definition) is 2. The lowest BCUT2D eigenvalue weighted by molar-refractivity contribution is 0.155. The zero-order valence-corrected chi connectivity index (χ0v) is 22.3. The summed E-state index contributed by atoms with van der Waals surface area (Å²) in [6.45, 7) is 0.174. The highest BCUT2D eigenvalue weighted by atomic mass is 16.5. The molecule has 1 unspecified atom stereocenters. The number of nitrogens with zero attached hydrogens (tertiary/aromatic N) is 1. The van der Waals surface area contributed by atoms with Crippen LogP contribution in [0, 0.1) is 0 Å². The summed E-state index contributed by atoms with van der Waals surface area (Å²) in [4.78, 5) is 17.7. The molecule has 6 rings (SSSR count). The zero-order chi connectivity index (χ0) is 28.0. The van der Waals surface area contributed by atoms with E-state index in [2.05, 4.69) is 35.6 Å². The molecule has 0 bridgehead atoms. The molecule has 0 aliphatic carbocycles. The molecule has 0 heterocycles. The van der Waals surface area contributed by atoms with Crippen LogP contribution >= 0.6 is 0 Å². The Kier molecular flexibility index (Phi) is 7.41. The van der Waals surface area contributed by atoms with Crippen molar-refractivity contribution in [2.45, 2.75) is 12.6 Å². The first kappa shape index (κ1) is 25.8. The topological polar surface area (TPSA) is 70.9 Å². The van der Waals surface area contributed by atoms with Gasteiger partial charge in [0.2, 0.25) is 0 Å². The summed E-state index contributed by atoms with van der Waals surface area (Å²) in [7, 11) is 0. The second-order valence-corrected chi connectivity index (χ2v) is 9.78. The third kappa shape index (κ3) is 5.80. The summed E-state index contributed by atoms with van der Waals surface area (Å²) in [5, 5.41) is 18.1. The van der Waals surface area contributed by atoms with E-state index in [9.17, 15) is 9.90 Å². The number of para-hydroxylation sites is 1. The number of aliphatic imine (C=N–C) groups is 1. The number of benzene rings is 6. The molecule has 5 nitrogen and oxygen atoms in total. The Morgan fingerprint density at radius 3 is 2.29 bits per heavy atom. The Labute approximate surface area is 238 Å². The van der Waals surface area contributed by atoms with E-state index >= 15 is 0 Å². The number of fused-ring (bicyclic) bond motifs is 2. The summed E-state index contributed by atoms with van der Waals surface area (Å²) in [6, 6.07) is 42.5. The van der Waals surface area contributed by atoms with Gasteiger partial charge in [0.25, 0.3) is 0 Å². The second kappa shape index (κ2) is 11.8. The fourth-order valence-corrected chi connectivity index (χ4v) is 5.02. The molecule has 0 spiro atoms. The van der Waals surface area contributed by atoms with Gasteiger partial charge in [-0.3, -0.25) is 10.3 Å². The Morgan fingerprint density at radius 2 is 1.44 bits per heavy atom. The lowest BCUT2D eigenvalue weighted by atomic mass is 9.92. The van der Waals surface area contributed by atoms with E-state index in [1.807, 2.05) is 97.1 Å². The van der Waals surface area contributed by atoms with E-state index in [0.717, 1.165) is 43.8 Å². The Morgan fingerprint density at radius 1 is 0.756 bits per heavy atom. The van der Waals surface area contributed by atoms with E-state index in [1.54, 1.807) is 12.3 Å². The molecule has 0 radical (unpaired) electrons. The van der Waals surface area contributed by atoms with Crippen LogP contribution in [-0.2, 0) is 11.3 Å². The molecular weight excluding hydrogens is 508 g/mol. The van der Waals surface area contributed by atoms with Crippen molar-refractivity contribution in [1.29, 1.82) is 0 Å². The summed E-state index contributed by atoms with van der Waals surface area (Å²) in [6.07, 6.45) is 1.20. The summed E-state index contributed by atoms with van der Waals surface area (Å²) >= 11 is 0. The molecule has 6 aromatic carbocycles. The molecule has 1 amide bonds. The van der Waals surface area contributed by atoms with Crippen molar-refractivity contribution in [3.8, 4) is 5.75 Å². The molecule has 5 heteroatoms. The maximum Gasteiger partial charge on any atom is 0.411 e. The molecule has 41 heavy (non-hydrogen) atoms. The average molecular weight is 537 g/mol. The molecule has 200 valence electrons. The normalized spacial score (nSPS) is 12.0. The van der Waals surface area contributed by atoms with Gasteiger partial charge in [0.15, 0.2) is 0 Å². The van der Waals surface area contributed by atoms with E-state index in [1.165, 1.54) is 0 Å². The maximum atomic E-state index is 12.6. The molecule has 0 aliphatic rings. The van der Waals surface area contributed by atoms with Crippen LogP contribution in [0.3, 0.4) is 0 Å². The minimum Gasteiger partial charge on any atom is -0.508 e. The third-order valence-corrected chi connectivity index (χ3v) is 7.08. The molecule has 0 aromatic heterocycles. The first-order chi connectivity index (χ1) is 20.2. The molecule has 0 saturated carbocycles. The van der Waals surface area contributed by atoms with Gasteiger partial charge < -0.3 is 9.84 Å². The lowest BCUT2D eigenvalue weighted by Crippen LogP contribution is -2.14. The van der Waals surface area contributed by atoms with Crippen molar-refractivity contribution < 1.29 is 14.6 Å². The van der Waals surface area contributed by atoms with E-state index in [0.29, 0.717) is 5.69 Å². The number of carbonyl (C=O) groups excluding carboxylic acids is 1. The predicted molar refractivity (Wildman–Crippen MR) is 166 cm³/mol. The van der Waals surface area contributed by atoms with Gasteiger partial charge in [-0.25, -0.2) is 4.79 Å². The van der Waals surface area contributed by atoms with E-state index < -0.39 is 12.1 Å². The van der Waals surface area contributed by atoms with Gasteiger partial charge in [-0.15, -0.1) is 0 Å². The van der Waals surface area contributed by atoms with E-state index in [-0.39, 0.29) is 12.4 Å². The standard InChI is InChI=1S/C36H28N2O3/c39-33-21-20-27-13-6-8-16-31(27)34(33)35(29-19-18-26-12-4-5-14-28(26)22-29)37-23-30-15-7-9-17-32(30)38-36(40)41-24-25-10-2-1-3-11-25/h1-23,35,39H,24H2,(H,38,40). The van der Waals surface area contributed by atoms with Crippen molar-refractivity contribution in [3.05, 3.63) is 156 Å². The van der Waals surface area contributed by atoms with Crippen LogP contribution in [0.25, 0.3) is 21.5 Å². The van der Waals surface area contributed by atoms with E-state index in [4.69, 9.17) is 9.73 Å². The van der Waals surface area contributed by atoms with Crippen LogP contribution in [0.5, 0.6) is 5.75 Å². The van der Waals surface area contributed by atoms with Crippen LogP contribution in [-0.4, -0.2) is 17.4 Å². The van der Waals surface area contributed by atoms with Gasteiger partial charge in [0.1, 0.15) is 18.4 Å². The number of phenols is 1. The number of nitrogens with one attached hydrogen (secondary N) is 1. The number of anilines is 1. The summed E-state index contributed by atoms with van der Waals surface area (Å²) < 4.78 is 5.43. The molecule has 2 N–H and O–H groups in total. The molecule has 0 saturated heterocycles. The van der Waals surface area contributed by atoms with Gasteiger partial charge in [0, 0.05) is 17.3 Å². The molecule has 0 aliphatic heterocycles. The predicted octanol–water partition coefficient (Wildman–Crippen LogP) is 8.66. The van der Waals surface area contributed by atoms with Crippen molar-refractivity contribution >= 4 is 39.5 Å². The SMILES string of the molecule is O=C(Nc1ccccc1C=NC(c1ccc2ccccc2c1)c1c(O)ccc2ccccc12)OCc1ccccc1. The number of rotatable bonds is 7. The lowest BCUT2D eigenvalue weighted by Gasteiger charge is -2.19. The van der Waals surface area contributed by atoms with Crippen molar-refractivity contribution in [1.82, 2.24) is 0 Å². The van der Waals surface area contributed by atoms with Gasteiger partial charge in [-0.2, -0.15) is 0 Å². The zero-order valence-electron chi connectivity index (χ0n) is 22.3. The van der Waals surface area contributed by atoms with Crippen LogP contribution in [0.15, 0.2) is 138 Å². The molecule has 1 atom stereocenters. The highest BCUT2D eigenvalue weighted by Gasteiger charge is 2.20. The first-order valence-electron chi connectivity index (χ1n) is 13.4. The van der Waals surface area contributed by atoms with Gasteiger partial charge in [0.05, 0.1) is 5.69 Å². The minimum atomic E-state index is -0.549. The van der Waals surface area contributed by atoms with Crippen LogP contribution < -0.4 is 5.32 Å². The highest BCUT2D eigenvalue weighted by Crippen LogP contribution is 2.39. The average Bonchev–Trinajstić information content (AvgIpc) is 3.02. The Hall–Kier alpha value is -5.42. The third-order valence-electron chi connectivity index (χ3n) is 7.08. The van der Waals surface area contributed by atoms with Crippen molar-refractivity contribution in [2.75, 3.05) is 5.32 Å². The smallest absolute Gasteiger partial charge is 0.411 e. The summed E-state index contributed by atoms with van der Waals surface area (Å²) in [5.41, 5.74) is 3.87. The first-order valence-corrected chi connectivity index (χ1v) is 13.4. The molecule has 0 fully saturated rings. The quantitative estimate of drug-likeness (QED) is 0.201. The number of hydrogen-bond acceptors (Lipinski definition) is 4. The van der Waals surface area contributed by atoms with Crippen molar-refractivity contribution in [2.24, 2.45) is 4.99 Å². The second-order valence-electron chi connectivity index (χ2n) is 9.78. The number of ether oxygens (including phenoxy) is 1. The molecular formula is C36H28N2O3. The number of aromatic hydroxyl groups is 1. The minimum absolute atomic E-state index is 0.174. The van der Waals surface area contributed by atoms with Crippen LogP contribution in [0.2, 0.25) is 0 Å². The highest BCUT2D eigenvalue weighted by molar-refractivity contribution is 5.95. The van der Waals surface area contributed by atoms with Gasteiger partial charge in [-0.05, 0) is 50.9 Å². The van der Waals surface area contributed by atoms with Crippen molar-refractivity contribution in [3.63, 3.8) is 0 Å². The largest absolute Gasteiger partial charge is 0.508 e. The number of carbonyl (C=O) groups is 1. The molecule has 6 aromatic rings. The maximum absolute atomic E-state index is 12.6. The Balaban J connectivity index is 1.36. The summed E-state index contributed by atoms with van der Waals surface area (Å²) in [5.74, 6) is 0.176. The van der Waals surface area contributed by atoms with Crippen LogP contribution in [0.4, 0.5) is 10.5 Å². The Bertz CT molecular complexity index is 1860. The van der Waals surface area contributed by atoms with Crippen LogP contribution in [0.1, 0.15) is 28.3 Å². The van der Waals surface area contributed by atoms with Gasteiger partial charge >= 0.3 is 6.09 Å². The number of phenolic OH excluding ortho intramolecular Hbond substituents is 1.